The number of nitrogens with zero attached hydrogens (tertiary/aromatic N) is 1. The van der Waals surface area contributed by atoms with Crippen LogP contribution < -0.4 is 4.90 Å². The maximum Gasteiger partial charge on any atom is 0.335 e. The van der Waals surface area contributed by atoms with Crippen molar-refractivity contribution in [3.8, 4) is 0 Å². The molecule has 0 aromatic heterocycles. The summed E-state index contributed by atoms with van der Waals surface area (Å²) in [6.45, 7) is 3.44. The highest BCUT2D eigenvalue weighted by molar-refractivity contribution is 6.08. The number of aromatic carboxylic acids is 1. The molecule has 0 atom stereocenters. The summed E-state index contributed by atoms with van der Waals surface area (Å²) in [6, 6.07) is 7.55. The molecule has 0 fully saturated rings. The van der Waals surface area contributed by atoms with Crippen LogP contribution in [-0.4, -0.2) is 17.0 Å². The lowest BCUT2D eigenvalue weighted by Crippen LogP contribution is -2.35. The van der Waals surface area contributed by atoms with Crippen molar-refractivity contribution < 1.29 is 23.5 Å². The van der Waals surface area contributed by atoms with Crippen molar-refractivity contribution in [3.63, 3.8) is 0 Å². The van der Waals surface area contributed by atoms with Crippen molar-refractivity contribution in [1.82, 2.24) is 0 Å². The first-order valence-corrected chi connectivity index (χ1v) is 7.35. The molecule has 6 heteroatoms. The first kappa shape index (κ1) is 16.1. The average molecular weight is 331 g/mol. The summed E-state index contributed by atoms with van der Waals surface area (Å²) in [5.41, 5.74) is 0.655. The molecule has 0 aliphatic carbocycles. The Morgan fingerprint density at radius 1 is 1.12 bits per heavy atom. The van der Waals surface area contributed by atoms with Crippen LogP contribution in [-0.2, 0) is 16.8 Å². The van der Waals surface area contributed by atoms with Crippen LogP contribution >= 0.6 is 0 Å². The predicted molar refractivity (Wildman–Crippen MR) is 84.0 cm³/mol. The van der Waals surface area contributed by atoms with E-state index in [1.54, 1.807) is 19.9 Å². The molecule has 3 rings (SSSR count). The zero-order chi connectivity index (χ0) is 17.6. The minimum absolute atomic E-state index is 0.0347. The van der Waals surface area contributed by atoms with Crippen LogP contribution in [0, 0.1) is 11.6 Å². The van der Waals surface area contributed by atoms with Crippen LogP contribution in [0.15, 0.2) is 36.4 Å². The van der Waals surface area contributed by atoms with Crippen molar-refractivity contribution in [3.05, 3.63) is 64.7 Å². The predicted octanol–water partition coefficient (Wildman–Crippen LogP) is 3.49. The molecule has 4 nitrogen and oxygen atoms in total. The van der Waals surface area contributed by atoms with Gasteiger partial charge in [0.2, 0.25) is 5.91 Å². The second-order valence-electron chi connectivity index (χ2n) is 6.33. The summed E-state index contributed by atoms with van der Waals surface area (Å²) in [5, 5.41) is 9.16. The van der Waals surface area contributed by atoms with Crippen molar-refractivity contribution >= 4 is 17.6 Å². The maximum atomic E-state index is 13.4. The Hall–Kier alpha value is -2.76. The number of rotatable bonds is 3. The smallest absolute Gasteiger partial charge is 0.335 e. The first-order valence-electron chi connectivity index (χ1n) is 7.35. The normalized spacial score (nSPS) is 15.5. The fourth-order valence-corrected chi connectivity index (χ4v) is 3.02. The van der Waals surface area contributed by atoms with E-state index in [0.29, 0.717) is 16.8 Å². The lowest BCUT2D eigenvalue weighted by atomic mass is 9.86. The van der Waals surface area contributed by atoms with Crippen LogP contribution in [0.25, 0.3) is 0 Å². The number of carbonyl (C=O) groups excluding carboxylic acids is 1. The van der Waals surface area contributed by atoms with Gasteiger partial charge in [-0.05, 0) is 49.2 Å². The van der Waals surface area contributed by atoms with Crippen molar-refractivity contribution in [2.75, 3.05) is 4.90 Å². The van der Waals surface area contributed by atoms with Gasteiger partial charge in [0.05, 0.1) is 17.5 Å². The highest BCUT2D eigenvalue weighted by atomic mass is 19.1. The third kappa shape index (κ3) is 2.54. The van der Waals surface area contributed by atoms with Crippen LogP contribution in [0.5, 0.6) is 0 Å². The number of hydrogen-bond acceptors (Lipinski definition) is 2. The maximum absolute atomic E-state index is 13.4. The van der Waals surface area contributed by atoms with E-state index in [2.05, 4.69) is 0 Å². The van der Waals surface area contributed by atoms with E-state index in [9.17, 15) is 18.4 Å². The molecule has 0 unspecified atom stereocenters. The molecule has 1 amide bonds. The molecular formula is C18H15F2NO3. The highest BCUT2D eigenvalue weighted by Gasteiger charge is 2.44. The molecule has 0 radical (unpaired) electrons. The molecule has 0 bridgehead atoms. The lowest BCUT2D eigenvalue weighted by Gasteiger charge is -2.20. The van der Waals surface area contributed by atoms with Gasteiger partial charge in [-0.15, -0.1) is 0 Å². The van der Waals surface area contributed by atoms with Gasteiger partial charge >= 0.3 is 5.97 Å². The number of carboxylic acids is 1. The van der Waals surface area contributed by atoms with Crippen LogP contribution in [0.2, 0.25) is 0 Å². The molecule has 124 valence electrons. The Balaban J connectivity index is 2.07. The average Bonchev–Trinajstić information content (AvgIpc) is 2.67. The largest absolute Gasteiger partial charge is 0.478 e. The van der Waals surface area contributed by atoms with Gasteiger partial charge in [-0.2, -0.15) is 0 Å². The molecule has 1 aliphatic rings. The summed E-state index contributed by atoms with van der Waals surface area (Å²) < 4.78 is 26.8. The molecule has 24 heavy (non-hydrogen) atoms. The van der Waals surface area contributed by atoms with Gasteiger partial charge in [0.1, 0.15) is 11.6 Å². The van der Waals surface area contributed by atoms with E-state index in [0.717, 1.165) is 18.2 Å². The summed E-state index contributed by atoms with van der Waals surface area (Å²) in [4.78, 5) is 25.3. The molecule has 0 spiro atoms. The van der Waals surface area contributed by atoms with Gasteiger partial charge in [0.25, 0.3) is 0 Å². The van der Waals surface area contributed by atoms with Gasteiger partial charge in [0, 0.05) is 11.8 Å². The minimum Gasteiger partial charge on any atom is -0.478 e. The molecule has 1 aliphatic heterocycles. The molecule has 1 N–H and O–H groups in total. The second kappa shape index (κ2) is 5.40. The lowest BCUT2D eigenvalue weighted by molar-refractivity contribution is -0.122. The number of benzene rings is 2. The Morgan fingerprint density at radius 3 is 2.33 bits per heavy atom. The zero-order valence-corrected chi connectivity index (χ0v) is 13.1. The van der Waals surface area contributed by atoms with Crippen molar-refractivity contribution in [2.24, 2.45) is 0 Å². The van der Waals surface area contributed by atoms with Gasteiger partial charge in [-0.1, -0.05) is 6.07 Å². The van der Waals surface area contributed by atoms with Crippen molar-refractivity contribution in [1.29, 1.82) is 0 Å². The second-order valence-corrected chi connectivity index (χ2v) is 6.33. The van der Waals surface area contributed by atoms with Gasteiger partial charge in [-0.3, -0.25) is 4.79 Å². The molecule has 1 heterocycles. The number of amides is 1. The number of halogens is 2. The fourth-order valence-electron chi connectivity index (χ4n) is 3.02. The molecular weight excluding hydrogens is 316 g/mol. The third-order valence-corrected chi connectivity index (χ3v) is 4.25. The molecule has 0 saturated carbocycles. The number of carboxylic acid groups (broad SMARTS) is 1. The van der Waals surface area contributed by atoms with Crippen LogP contribution in [0.4, 0.5) is 14.5 Å². The van der Waals surface area contributed by atoms with E-state index in [1.165, 1.54) is 17.0 Å². The van der Waals surface area contributed by atoms with Gasteiger partial charge in [-0.25, -0.2) is 13.6 Å². The molecule has 0 saturated heterocycles. The Morgan fingerprint density at radius 2 is 1.75 bits per heavy atom. The fraction of sp³-hybridized carbons (Fsp3) is 0.222. The topological polar surface area (TPSA) is 57.6 Å². The summed E-state index contributed by atoms with van der Waals surface area (Å²) in [7, 11) is 0. The number of hydrogen-bond donors (Lipinski definition) is 1. The number of fused-ring (bicyclic) bond motifs is 1. The van der Waals surface area contributed by atoms with Crippen molar-refractivity contribution in [2.45, 2.75) is 25.8 Å². The summed E-state index contributed by atoms with van der Waals surface area (Å²) >= 11 is 0. The Bertz CT molecular complexity index is 841. The highest BCUT2D eigenvalue weighted by Crippen LogP contribution is 2.42. The van der Waals surface area contributed by atoms with E-state index >= 15 is 0 Å². The molecule has 2 aromatic carbocycles. The van der Waals surface area contributed by atoms with Crippen LogP contribution in [0.3, 0.4) is 0 Å². The first-order chi connectivity index (χ1) is 11.2. The minimum atomic E-state index is -1.10. The number of anilines is 1. The van der Waals surface area contributed by atoms with Crippen LogP contribution in [0.1, 0.15) is 35.3 Å². The summed E-state index contributed by atoms with van der Waals surface area (Å²) in [6.07, 6.45) is 0. The standard InChI is InChI=1S/C18H15F2NO3/c1-18(2)14-4-3-11(16(22)23)7-15(14)21(17(18)24)9-10-5-12(19)8-13(20)6-10/h3-8H,9H2,1-2H3,(H,22,23). The van der Waals surface area contributed by atoms with E-state index < -0.39 is 23.0 Å². The quantitative estimate of drug-likeness (QED) is 0.937. The van der Waals surface area contributed by atoms with Gasteiger partial charge < -0.3 is 10.0 Å². The third-order valence-electron chi connectivity index (χ3n) is 4.25. The zero-order valence-electron chi connectivity index (χ0n) is 13.1. The SMILES string of the molecule is CC1(C)C(=O)N(Cc2cc(F)cc(F)c2)c2cc(C(=O)O)ccc21. The van der Waals surface area contributed by atoms with E-state index in [-0.39, 0.29) is 18.0 Å². The Kier molecular flexibility index (Phi) is 3.63. The van der Waals surface area contributed by atoms with E-state index in [4.69, 9.17) is 5.11 Å². The van der Waals surface area contributed by atoms with Gasteiger partial charge in [0.15, 0.2) is 0 Å². The monoisotopic (exact) mass is 331 g/mol. The molecule has 2 aromatic rings. The Labute approximate surface area is 137 Å². The number of carbonyl (C=O) groups is 2. The van der Waals surface area contributed by atoms with E-state index in [1.807, 2.05) is 0 Å². The summed E-state index contributed by atoms with van der Waals surface area (Å²) in [5.74, 6) is -2.80.